The molecule has 3 heterocycles. The number of para-hydroxylation sites is 1. The zero-order valence-corrected chi connectivity index (χ0v) is 24.4. The van der Waals surface area contributed by atoms with Crippen molar-refractivity contribution in [2.24, 2.45) is 0 Å². The molecule has 1 saturated heterocycles. The Labute approximate surface area is 253 Å². The van der Waals surface area contributed by atoms with Crippen LogP contribution in [-0.4, -0.2) is 68.2 Å². The Morgan fingerprint density at radius 3 is 2.38 bits per heavy atom. The van der Waals surface area contributed by atoms with Gasteiger partial charge < -0.3 is 9.32 Å². The third-order valence-electron chi connectivity index (χ3n) is 6.99. The first kappa shape index (κ1) is 28.0. The lowest BCUT2D eigenvalue weighted by atomic mass is 10.2. The Bertz CT molecular complexity index is 1660. The molecule has 6 rings (SSSR count). The average Bonchev–Trinajstić information content (AvgIpc) is 3.69. The number of halogens is 1. The maximum atomic E-state index is 13.1. The van der Waals surface area contributed by atoms with Gasteiger partial charge in [-0.25, -0.2) is 4.98 Å². The van der Waals surface area contributed by atoms with E-state index >= 15 is 0 Å². The number of hydrogen-bond donors (Lipinski definition) is 0. The SMILES string of the molecule is O=C(c1coc(CSc2nnc(-c3ccccc3Cl)n2-c2ccccc2)n1)N1CCN(C/C=C/c2ccccc2)CC1. The van der Waals surface area contributed by atoms with E-state index in [0.29, 0.717) is 46.4 Å². The van der Waals surface area contributed by atoms with Gasteiger partial charge in [0.25, 0.3) is 5.91 Å². The van der Waals surface area contributed by atoms with Crippen LogP contribution < -0.4 is 0 Å². The predicted octanol–water partition coefficient (Wildman–Crippen LogP) is 6.34. The number of hydrogen-bond acceptors (Lipinski definition) is 7. The lowest BCUT2D eigenvalue weighted by Gasteiger charge is -2.33. The first-order chi connectivity index (χ1) is 20.7. The number of piperazine rings is 1. The second-order valence-corrected chi connectivity index (χ2v) is 11.1. The van der Waals surface area contributed by atoms with Gasteiger partial charge in [-0.3, -0.25) is 14.3 Å². The highest BCUT2D eigenvalue weighted by atomic mass is 35.5. The highest BCUT2D eigenvalue weighted by molar-refractivity contribution is 7.98. The minimum absolute atomic E-state index is 0.108. The Morgan fingerprint density at radius 2 is 1.62 bits per heavy atom. The highest BCUT2D eigenvalue weighted by Crippen LogP contribution is 2.32. The molecule has 0 N–H and O–H groups in total. The molecule has 0 saturated carbocycles. The lowest BCUT2D eigenvalue weighted by Crippen LogP contribution is -2.48. The van der Waals surface area contributed by atoms with Crippen LogP contribution in [0.2, 0.25) is 5.02 Å². The summed E-state index contributed by atoms with van der Waals surface area (Å²) in [6.45, 7) is 3.79. The Morgan fingerprint density at radius 1 is 0.905 bits per heavy atom. The molecule has 0 bridgehead atoms. The van der Waals surface area contributed by atoms with Crippen LogP contribution in [0.4, 0.5) is 0 Å². The summed E-state index contributed by atoms with van der Waals surface area (Å²) in [6.07, 6.45) is 5.75. The van der Waals surface area contributed by atoms with E-state index in [9.17, 15) is 4.79 Å². The minimum atomic E-state index is -0.108. The van der Waals surface area contributed by atoms with Crippen LogP contribution in [-0.2, 0) is 5.75 Å². The summed E-state index contributed by atoms with van der Waals surface area (Å²) in [5.74, 6) is 1.38. The van der Waals surface area contributed by atoms with E-state index in [0.717, 1.165) is 30.9 Å². The fourth-order valence-electron chi connectivity index (χ4n) is 4.79. The van der Waals surface area contributed by atoms with E-state index in [1.165, 1.54) is 23.6 Å². The number of carbonyl (C=O) groups is 1. The largest absolute Gasteiger partial charge is 0.447 e. The van der Waals surface area contributed by atoms with Crippen molar-refractivity contribution in [2.75, 3.05) is 32.7 Å². The number of thioether (sulfide) groups is 1. The van der Waals surface area contributed by atoms with Crippen molar-refractivity contribution in [3.8, 4) is 17.1 Å². The van der Waals surface area contributed by atoms with Crippen LogP contribution in [0.25, 0.3) is 23.2 Å². The molecule has 42 heavy (non-hydrogen) atoms. The maximum absolute atomic E-state index is 13.1. The second-order valence-electron chi connectivity index (χ2n) is 9.78. The molecule has 2 aromatic heterocycles. The molecule has 0 aliphatic carbocycles. The standard InChI is InChI=1S/C32H29ClN6O2S/c33-27-16-8-7-15-26(27)30-35-36-32(39(30)25-13-5-2-6-14-25)42-23-29-34-28(22-41-29)31(40)38-20-18-37(19-21-38)17-9-12-24-10-3-1-4-11-24/h1-16,22H,17-21,23H2/b12-9+. The van der Waals surface area contributed by atoms with Crippen molar-refractivity contribution in [3.05, 3.63) is 119 Å². The van der Waals surface area contributed by atoms with E-state index in [2.05, 4.69) is 44.4 Å². The van der Waals surface area contributed by atoms with E-state index in [1.54, 1.807) is 0 Å². The Balaban J connectivity index is 1.08. The van der Waals surface area contributed by atoms with E-state index in [4.69, 9.17) is 16.0 Å². The predicted molar refractivity (Wildman–Crippen MR) is 166 cm³/mol. The van der Waals surface area contributed by atoms with Crippen LogP contribution in [0.1, 0.15) is 21.9 Å². The molecule has 10 heteroatoms. The number of nitrogens with zero attached hydrogens (tertiary/aromatic N) is 6. The first-order valence-corrected chi connectivity index (χ1v) is 15.1. The molecule has 5 aromatic rings. The number of amides is 1. The molecule has 0 spiro atoms. The first-order valence-electron chi connectivity index (χ1n) is 13.7. The van der Waals surface area contributed by atoms with Crippen molar-refractivity contribution >= 4 is 35.3 Å². The van der Waals surface area contributed by atoms with Gasteiger partial charge in [0.1, 0.15) is 6.26 Å². The quantitative estimate of drug-likeness (QED) is 0.184. The summed E-state index contributed by atoms with van der Waals surface area (Å²) in [7, 11) is 0. The number of aromatic nitrogens is 4. The molecule has 212 valence electrons. The van der Waals surface area contributed by atoms with Gasteiger partial charge in [0.2, 0.25) is 5.89 Å². The zero-order valence-electron chi connectivity index (χ0n) is 22.8. The van der Waals surface area contributed by atoms with Crippen molar-refractivity contribution in [1.82, 2.24) is 29.5 Å². The molecule has 3 aromatic carbocycles. The van der Waals surface area contributed by atoms with Gasteiger partial charge in [0, 0.05) is 44.0 Å². The maximum Gasteiger partial charge on any atom is 0.275 e. The van der Waals surface area contributed by atoms with Crippen molar-refractivity contribution in [3.63, 3.8) is 0 Å². The molecular formula is C32H29ClN6O2S. The fourth-order valence-corrected chi connectivity index (χ4v) is 5.81. The molecular weight excluding hydrogens is 568 g/mol. The van der Waals surface area contributed by atoms with Gasteiger partial charge in [-0.15, -0.1) is 10.2 Å². The lowest BCUT2D eigenvalue weighted by molar-refractivity contribution is 0.0644. The average molecular weight is 597 g/mol. The molecule has 8 nitrogen and oxygen atoms in total. The molecule has 0 radical (unpaired) electrons. The van der Waals surface area contributed by atoms with Gasteiger partial charge in [0.05, 0.1) is 10.8 Å². The molecule has 0 atom stereocenters. The third kappa shape index (κ3) is 6.49. The summed E-state index contributed by atoms with van der Waals surface area (Å²) in [5, 5.41) is 10.2. The molecule has 1 aliphatic heterocycles. The van der Waals surface area contributed by atoms with Crippen LogP contribution in [0.3, 0.4) is 0 Å². The van der Waals surface area contributed by atoms with E-state index in [-0.39, 0.29) is 5.91 Å². The minimum Gasteiger partial charge on any atom is -0.447 e. The smallest absolute Gasteiger partial charge is 0.275 e. The van der Waals surface area contributed by atoms with Crippen molar-refractivity contribution < 1.29 is 9.21 Å². The van der Waals surface area contributed by atoms with Gasteiger partial charge in [-0.2, -0.15) is 0 Å². The Hall–Kier alpha value is -4.18. The van der Waals surface area contributed by atoms with Gasteiger partial charge in [0.15, 0.2) is 16.7 Å². The fraction of sp³-hybridized carbons (Fsp3) is 0.188. The van der Waals surface area contributed by atoms with Crippen LogP contribution in [0.5, 0.6) is 0 Å². The highest BCUT2D eigenvalue weighted by Gasteiger charge is 2.25. The molecule has 1 aliphatic rings. The van der Waals surface area contributed by atoms with Crippen LogP contribution >= 0.6 is 23.4 Å². The third-order valence-corrected chi connectivity index (χ3v) is 8.23. The normalized spacial score (nSPS) is 14.1. The summed E-state index contributed by atoms with van der Waals surface area (Å²) < 4.78 is 7.66. The summed E-state index contributed by atoms with van der Waals surface area (Å²) >= 11 is 7.93. The van der Waals surface area contributed by atoms with Crippen molar-refractivity contribution in [2.45, 2.75) is 10.9 Å². The number of benzene rings is 3. The van der Waals surface area contributed by atoms with Gasteiger partial charge in [-0.05, 0) is 29.8 Å². The molecule has 0 unspecified atom stereocenters. The van der Waals surface area contributed by atoms with Gasteiger partial charge in [-0.1, -0.05) is 96.2 Å². The second kappa shape index (κ2) is 13.2. The number of carbonyl (C=O) groups excluding carboxylic acids is 1. The molecule has 1 amide bonds. The van der Waals surface area contributed by atoms with Crippen LogP contribution in [0, 0.1) is 0 Å². The summed E-state index contributed by atoms with van der Waals surface area (Å²) in [6, 6.07) is 27.7. The van der Waals surface area contributed by atoms with Crippen molar-refractivity contribution in [1.29, 1.82) is 0 Å². The molecule has 1 fully saturated rings. The number of rotatable bonds is 9. The summed E-state index contributed by atoms with van der Waals surface area (Å²) in [4.78, 5) is 21.8. The summed E-state index contributed by atoms with van der Waals surface area (Å²) in [5.41, 5.74) is 3.22. The van der Waals surface area contributed by atoms with E-state index < -0.39 is 0 Å². The number of oxazole rings is 1. The van der Waals surface area contributed by atoms with Gasteiger partial charge >= 0.3 is 0 Å². The van der Waals surface area contributed by atoms with E-state index in [1.807, 2.05) is 82.3 Å². The zero-order chi connectivity index (χ0) is 28.7. The van der Waals surface area contributed by atoms with Crippen LogP contribution in [0.15, 0.2) is 107 Å². The topological polar surface area (TPSA) is 80.3 Å². The Kier molecular flexibility index (Phi) is 8.79. The monoisotopic (exact) mass is 596 g/mol.